The van der Waals surface area contributed by atoms with E-state index in [2.05, 4.69) is 17.4 Å². The van der Waals surface area contributed by atoms with Gasteiger partial charge in [-0.05, 0) is 12.0 Å². The average molecular weight is 220 g/mol. The second-order valence-corrected chi connectivity index (χ2v) is 3.97. The summed E-state index contributed by atoms with van der Waals surface area (Å²) in [6.45, 7) is 2.35. The maximum Gasteiger partial charge on any atom is 0.335 e. The van der Waals surface area contributed by atoms with Crippen molar-refractivity contribution in [3.05, 3.63) is 35.9 Å². The third-order valence-electron chi connectivity index (χ3n) is 2.87. The number of rotatable bonds is 4. The van der Waals surface area contributed by atoms with Crippen molar-refractivity contribution >= 4 is 5.97 Å². The minimum atomic E-state index is -0.787. The third-order valence-corrected chi connectivity index (χ3v) is 2.87. The number of aliphatic carboxylic acids is 1. The maximum absolute atomic E-state index is 10.9. The number of hydrogen-bond acceptors (Lipinski definition) is 3. The smallest absolute Gasteiger partial charge is 0.335 e. The second kappa shape index (κ2) is 5.09. The minimum Gasteiger partial charge on any atom is -0.479 e. The van der Waals surface area contributed by atoms with Crippen LogP contribution in [0.15, 0.2) is 30.3 Å². The predicted molar refractivity (Wildman–Crippen MR) is 61.1 cm³/mol. The quantitative estimate of drug-likeness (QED) is 0.778. The molecule has 1 aromatic carbocycles. The van der Waals surface area contributed by atoms with E-state index in [0.717, 1.165) is 26.1 Å². The topological polar surface area (TPSA) is 52.6 Å². The van der Waals surface area contributed by atoms with Gasteiger partial charge in [0.05, 0.1) is 0 Å². The third kappa shape index (κ3) is 2.59. The van der Waals surface area contributed by atoms with Crippen LogP contribution in [-0.2, 0) is 11.2 Å². The second-order valence-electron chi connectivity index (χ2n) is 3.97. The summed E-state index contributed by atoms with van der Waals surface area (Å²) in [4.78, 5) is 12.9. The van der Waals surface area contributed by atoms with E-state index < -0.39 is 12.1 Å². The Labute approximate surface area is 94.9 Å². The first-order valence-corrected chi connectivity index (χ1v) is 5.51. The van der Waals surface area contributed by atoms with Gasteiger partial charge in [-0.25, -0.2) is 4.79 Å². The Kier molecular flexibility index (Phi) is 3.54. The van der Waals surface area contributed by atoms with E-state index in [1.54, 1.807) is 0 Å². The minimum absolute atomic E-state index is 0.510. The fourth-order valence-corrected chi connectivity index (χ4v) is 2.00. The largest absolute Gasteiger partial charge is 0.479 e. The molecule has 0 saturated carbocycles. The highest BCUT2D eigenvalue weighted by atomic mass is 16.4. The molecular formula is C12H16N2O2. The van der Waals surface area contributed by atoms with Crippen molar-refractivity contribution in [3.63, 3.8) is 0 Å². The predicted octanol–water partition coefficient (Wildman–Crippen LogP) is 0.545. The maximum atomic E-state index is 10.9. The van der Waals surface area contributed by atoms with Crippen LogP contribution in [0.2, 0.25) is 0 Å². The van der Waals surface area contributed by atoms with Crippen molar-refractivity contribution in [3.8, 4) is 0 Å². The SMILES string of the molecule is O=C(O)C1NCCN1CCc1ccccc1. The van der Waals surface area contributed by atoms with Gasteiger partial charge >= 0.3 is 5.97 Å². The molecule has 0 amide bonds. The van der Waals surface area contributed by atoms with Crippen LogP contribution in [0.4, 0.5) is 0 Å². The van der Waals surface area contributed by atoms with Gasteiger partial charge in [0.15, 0.2) is 6.17 Å². The average Bonchev–Trinajstić information content (AvgIpc) is 2.76. The van der Waals surface area contributed by atoms with Crippen molar-refractivity contribution in [2.75, 3.05) is 19.6 Å². The zero-order valence-electron chi connectivity index (χ0n) is 9.10. The number of carbonyl (C=O) groups is 1. The van der Waals surface area contributed by atoms with Crippen LogP contribution >= 0.6 is 0 Å². The fourth-order valence-electron chi connectivity index (χ4n) is 2.00. The summed E-state index contributed by atoms with van der Waals surface area (Å²) in [6, 6.07) is 10.1. The van der Waals surface area contributed by atoms with Crippen molar-refractivity contribution in [2.24, 2.45) is 0 Å². The summed E-state index contributed by atoms with van der Waals surface area (Å²) in [6.07, 6.45) is 0.385. The molecule has 86 valence electrons. The number of benzene rings is 1. The Morgan fingerprint density at radius 2 is 2.19 bits per heavy atom. The molecule has 1 aliphatic rings. The van der Waals surface area contributed by atoms with E-state index in [-0.39, 0.29) is 0 Å². The van der Waals surface area contributed by atoms with Crippen LogP contribution in [0.1, 0.15) is 5.56 Å². The van der Waals surface area contributed by atoms with E-state index in [0.29, 0.717) is 0 Å². The lowest BCUT2D eigenvalue weighted by molar-refractivity contribution is -0.142. The molecular weight excluding hydrogens is 204 g/mol. The number of hydrogen-bond donors (Lipinski definition) is 2. The summed E-state index contributed by atoms with van der Waals surface area (Å²) in [7, 11) is 0. The van der Waals surface area contributed by atoms with Gasteiger partial charge in [0, 0.05) is 19.6 Å². The molecule has 1 unspecified atom stereocenters. The van der Waals surface area contributed by atoms with E-state index in [1.165, 1.54) is 5.56 Å². The van der Waals surface area contributed by atoms with Gasteiger partial charge in [0.1, 0.15) is 0 Å². The van der Waals surface area contributed by atoms with Crippen molar-refractivity contribution in [2.45, 2.75) is 12.6 Å². The molecule has 1 fully saturated rings. The standard InChI is InChI=1S/C12H16N2O2/c15-12(16)11-13-7-9-14(11)8-6-10-4-2-1-3-5-10/h1-5,11,13H,6-9H2,(H,15,16). The molecule has 1 aliphatic heterocycles. The monoisotopic (exact) mass is 220 g/mol. The van der Waals surface area contributed by atoms with Gasteiger partial charge in [-0.2, -0.15) is 0 Å². The number of carboxylic acid groups (broad SMARTS) is 1. The van der Waals surface area contributed by atoms with Crippen LogP contribution in [0.25, 0.3) is 0 Å². The molecule has 4 nitrogen and oxygen atoms in total. The molecule has 0 aliphatic carbocycles. The Morgan fingerprint density at radius 3 is 2.88 bits per heavy atom. The molecule has 0 aromatic heterocycles. The molecule has 1 heterocycles. The molecule has 2 N–H and O–H groups in total. The van der Waals surface area contributed by atoms with Crippen molar-refractivity contribution in [1.82, 2.24) is 10.2 Å². The summed E-state index contributed by atoms with van der Waals surface area (Å²) in [5.74, 6) is -0.787. The van der Waals surface area contributed by atoms with Crippen LogP contribution < -0.4 is 5.32 Å². The first kappa shape index (κ1) is 11.1. The van der Waals surface area contributed by atoms with Gasteiger partial charge < -0.3 is 5.11 Å². The van der Waals surface area contributed by atoms with Crippen molar-refractivity contribution < 1.29 is 9.90 Å². The Balaban J connectivity index is 1.88. The highest BCUT2D eigenvalue weighted by Gasteiger charge is 2.29. The lowest BCUT2D eigenvalue weighted by Crippen LogP contribution is -2.43. The molecule has 4 heteroatoms. The lowest BCUT2D eigenvalue weighted by atomic mass is 10.1. The summed E-state index contributed by atoms with van der Waals surface area (Å²) in [5.41, 5.74) is 1.25. The zero-order valence-corrected chi connectivity index (χ0v) is 9.10. The van der Waals surface area contributed by atoms with E-state index in [4.69, 9.17) is 5.11 Å². The lowest BCUT2D eigenvalue weighted by Gasteiger charge is -2.20. The van der Waals surface area contributed by atoms with Crippen LogP contribution in [0, 0.1) is 0 Å². The fraction of sp³-hybridized carbons (Fsp3) is 0.417. The Morgan fingerprint density at radius 1 is 1.44 bits per heavy atom. The molecule has 2 rings (SSSR count). The normalized spacial score (nSPS) is 21.1. The summed E-state index contributed by atoms with van der Waals surface area (Å²) < 4.78 is 0. The van der Waals surface area contributed by atoms with Gasteiger partial charge in [0.25, 0.3) is 0 Å². The highest BCUT2D eigenvalue weighted by Crippen LogP contribution is 2.07. The van der Waals surface area contributed by atoms with E-state index in [9.17, 15) is 4.79 Å². The van der Waals surface area contributed by atoms with Gasteiger partial charge in [-0.3, -0.25) is 10.2 Å². The molecule has 16 heavy (non-hydrogen) atoms. The molecule has 0 spiro atoms. The van der Waals surface area contributed by atoms with E-state index >= 15 is 0 Å². The Hall–Kier alpha value is -1.39. The summed E-state index contributed by atoms with van der Waals surface area (Å²) >= 11 is 0. The first-order valence-electron chi connectivity index (χ1n) is 5.51. The zero-order chi connectivity index (χ0) is 11.4. The molecule has 0 radical (unpaired) electrons. The van der Waals surface area contributed by atoms with Crippen LogP contribution in [0.3, 0.4) is 0 Å². The van der Waals surface area contributed by atoms with Crippen LogP contribution in [-0.4, -0.2) is 41.8 Å². The van der Waals surface area contributed by atoms with Gasteiger partial charge in [-0.1, -0.05) is 30.3 Å². The molecule has 0 bridgehead atoms. The molecule has 1 saturated heterocycles. The molecule has 1 aromatic rings. The number of carboxylic acids is 1. The number of nitrogens with zero attached hydrogens (tertiary/aromatic N) is 1. The van der Waals surface area contributed by atoms with Crippen molar-refractivity contribution in [1.29, 1.82) is 0 Å². The molecule has 1 atom stereocenters. The van der Waals surface area contributed by atoms with Gasteiger partial charge in [0.2, 0.25) is 0 Å². The van der Waals surface area contributed by atoms with Crippen LogP contribution in [0.5, 0.6) is 0 Å². The van der Waals surface area contributed by atoms with E-state index in [1.807, 2.05) is 23.1 Å². The van der Waals surface area contributed by atoms with Gasteiger partial charge in [-0.15, -0.1) is 0 Å². The number of nitrogens with one attached hydrogen (secondary N) is 1. The first-order chi connectivity index (χ1) is 7.77. The Bertz CT molecular complexity index is 353. The highest BCUT2D eigenvalue weighted by molar-refractivity contribution is 5.73. The summed E-state index contributed by atoms with van der Waals surface area (Å²) in [5, 5.41) is 11.9.